The molecule has 1 atom stereocenters. The number of nitrogens with zero attached hydrogens (tertiary/aromatic N) is 1. The van der Waals surface area contributed by atoms with Crippen LogP contribution in [0.25, 0.3) is 0 Å². The number of unbranched alkanes of at least 4 members (excludes halogenated alkanes) is 1. The summed E-state index contributed by atoms with van der Waals surface area (Å²) in [6, 6.07) is 12.9. The highest BCUT2D eigenvalue weighted by Crippen LogP contribution is 2.33. The first kappa shape index (κ1) is 22.5. The first-order valence-corrected chi connectivity index (χ1v) is 10.2. The van der Waals surface area contributed by atoms with Crippen molar-refractivity contribution in [1.29, 1.82) is 0 Å². The Hall–Kier alpha value is -1.75. The fourth-order valence-electron chi connectivity index (χ4n) is 3.00. The van der Waals surface area contributed by atoms with Gasteiger partial charge in [0.2, 0.25) is 5.91 Å². The quantitative estimate of drug-likeness (QED) is 0.567. The molecule has 2 aromatic rings. The number of carbonyl (C=O) groups is 1. The van der Waals surface area contributed by atoms with Crippen molar-refractivity contribution in [2.75, 3.05) is 20.2 Å². The zero-order valence-electron chi connectivity index (χ0n) is 16.5. The lowest BCUT2D eigenvalue weighted by atomic mass is 9.89. The first-order valence-electron chi connectivity index (χ1n) is 9.41. The Labute approximate surface area is 177 Å². The minimum atomic E-state index is -0.524. The van der Waals surface area contributed by atoms with E-state index in [1.165, 1.54) is 0 Å². The van der Waals surface area contributed by atoms with Crippen molar-refractivity contribution in [1.82, 2.24) is 4.90 Å². The fraction of sp³-hybridized carbons (Fsp3) is 0.409. The number of aliphatic hydroxyl groups excluding tert-OH is 1. The summed E-state index contributed by atoms with van der Waals surface area (Å²) < 4.78 is 5.80. The highest BCUT2D eigenvalue weighted by Gasteiger charge is 2.26. The van der Waals surface area contributed by atoms with Gasteiger partial charge in [-0.1, -0.05) is 41.4 Å². The molecule has 0 saturated heterocycles. The monoisotopic (exact) mass is 423 g/mol. The zero-order chi connectivity index (χ0) is 20.7. The summed E-state index contributed by atoms with van der Waals surface area (Å²) in [4.78, 5) is 15.0. The average Bonchev–Trinajstić information content (AvgIpc) is 2.64. The number of hydrogen-bond acceptors (Lipinski definition) is 3. The van der Waals surface area contributed by atoms with E-state index >= 15 is 0 Å². The van der Waals surface area contributed by atoms with Crippen LogP contribution in [0.15, 0.2) is 42.5 Å². The predicted octanol–water partition coefficient (Wildman–Crippen LogP) is 5.14. The van der Waals surface area contributed by atoms with E-state index in [0.717, 1.165) is 17.5 Å². The number of halogens is 2. The molecule has 0 fully saturated rings. The highest BCUT2D eigenvalue weighted by atomic mass is 35.5. The summed E-state index contributed by atoms with van der Waals surface area (Å²) in [6.07, 6.45) is 1.44. The molecular formula is C22H27Cl2NO3. The van der Waals surface area contributed by atoms with E-state index < -0.39 is 5.92 Å². The smallest absolute Gasteiger partial charge is 0.234 e. The van der Waals surface area contributed by atoms with Gasteiger partial charge in [-0.25, -0.2) is 0 Å². The van der Waals surface area contributed by atoms with Gasteiger partial charge in [-0.05, 0) is 62.1 Å². The van der Waals surface area contributed by atoms with Gasteiger partial charge in [-0.15, -0.1) is 0 Å². The Morgan fingerprint density at radius 1 is 1.07 bits per heavy atom. The summed E-state index contributed by atoms with van der Waals surface area (Å²) in [7, 11) is 1.78. The largest absolute Gasteiger partial charge is 0.491 e. The second kappa shape index (κ2) is 10.7. The third kappa shape index (κ3) is 6.13. The maximum atomic E-state index is 13.3. The van der Waals surface area contributed by atoms with Crippen LogP contribution in [0, 0.1) is 0 Å². The van der Waals surface area contributed by atoms with E-state index in [1.807, 2.05) is 44.2 Å². The molecule has 0 aliphatic carbocycles. The third-order valence-electron chi connectivity index (χ3n) is 4.37. The lowest BCUT2D eigenvalue weighted by Gasteiger charge is -2.25. The number of aliphatic hydroxyl groups is 1. The molecule has 2 aromatic carbocycles. The highest BCUT2D eigenvalue weighted by molar-refractivity contribution is 6.42. The van der Waals surface area contributed by atoms with Crippen molar-refractivity contribution < 1.29 is 14.6 Å². The van der Waals surface area contributed by atoms with Gasteiger partial charge in [0, 0.05) is 20.2 Å². The summed E-state index contributed by atoms with van der Waals surface area (Å²) in [6.45, 7) is 4.61. The van der Waals surface area contributed by atoms with E-state index in [-0.39, 0.29) is 18.6 Å². The van der Waals surface area contributed by atoms with Gasteiger partial charge >= 0.3 is 0 Å². The van der Waals surface area contributed by atoms with E-state index in [2.05, 4.69) is 0 Å². The molecule has 0 bridgehead atoms. The number of likely N-dealkylation sites (N-methyl/N-ethyl adjacent to an activating group) is 1. The molecule has 0 aliphatic rings. The number of carbonyl (C=O) groups excluding carboxylic acids is 1. The summed E-state index contributed by atoms with van der Waals surface area (Å²) >= 11 is 12.3. The SMILES string of the molecule is CC(C)Oc1cccc(C(C(=O)N(C)CCCCO)c2ccc(Cl)c(Cl)c2)c1. The molecule has 6 heteroatoms. The Kier molecular flexibility index (Phi) is 8.61. The topological polar surface area (TPSA) is 49.8 Å². The standard InChI is InChI=1S/C22H27Cl2NO3/c1-15(2)28-18-8-6-7-16(13-18)21(17-9-10-19(23)20(24)14-17)22(27)25(3)11-4-5-12-26/h6-10,13-15,21,26H,4-5,11-12H2,1-3H3. The van der Waals surface area contributed by atoms with Gasteiger partial charge in [-0.3, -0.25) is 4.79 Å². The van der Waals surface area contributed by atoms with Crippen LogP contribution in [0.3, 0.4) is 0 Å². The van der Waals surface area contributed by atoms with Crippen LogP contribution in [0.2, 0.25) is 10.0 Å². The summed E-state index contributed by atoms with van der Waals surface area (Å²) in [5.41, 5.74) is 1.60. The Balaban J connectivity index is 2.41. The van der Waals surface area contributed by atoms with E-state index in [1.54, 1.807) is 24.1 Å². The Morgan fingerprint density at radius 2 is 1.79 bits per heavy atom. The molecule has 2 rings (SSSR count). The molecule has 0 spiro atoms. The predicted molar refractivity (Wildman–Crippen MR) is 114 cm³/mol. The Morgan fingerprint density at radius 3 is 2.43 bits per heavy atom. The van der Waals surface area contributed by atoms with E-state index in [0.29, 0.717) is 28.8 Å². The zero-order valence-corrected chi connectivity index (χ0v) is 18.0. The van der Waals surface area contributed by atoms with Gasteiger partial charge in [0.05, 0.1) is 22.1 Å². The van der Waals surface area contributed by atoms with Crippen LogP contribution in [0.4, 0.5) is 0 Å². The fourth-order valence-corrected chi connectivity index (χ4v) is 3.31. The molecule has 0 aliphatic heterocycles. The molecule has 0 saturated carbocycles. The van der Waals surface area contributed by atoms with Gasteiger partial charge < -0.3 is 14.7 Å². The second-order valence-electron chi connectivity index (χ2n) is 7.04. The molecule has 4 nitrogen and oxygen atoms in total. The van der Waals surface area contributed by atoms with Gasteiger partial charge in [0.15, 0.2) is 0 Å². The molecule has 1 unspecified atom stereocenters. The molecule has 152 valence electrons. The maximum Gasteiger partial charge on any atom is 0.234 e. The van der Waals surface area contributed by atoms with Crippen LogP contribution < -0.4 is 4.74 Å². The van der Waals surface area contributed by atoms with Crippen LogP contribution in [-0.4, -0.2) is 42.2 Å². The van der Waals surface area contributed by atoms with Crippen LogP contribution >= 0.6 is 23.2 Å². The molecule has 1 amide bonds. The molecular weight excluding hydrogens is 397 g/mol. The normalized spacial score (nSPS) is 12.1. The minimum absolute atomic E-state index is 0.0375. The lowest BCUT2D eigenvalue weighted by molar-refractivity contribution is -0.130. The van der Waals surface area contributed by atoms with Gasteiger partial charge in [-0.2, -0.15) is 0 Å². The van der Waals surface area contributed by atoms with Crippen LogP contribution in [0.5, 0.6) is 5.75 Å². The van der Waals surface area contributed by atoms with Crippen LogP contribution in [-0.2, 0) is 4.79 Å². The van der Waals surface area contributed by atoms with Crippen molar-refractivity contribution in [2.24, 2.45) is 0 Å². The molecule has 28 heavy (non-hydrogen) atoms. The minimum Gasteiger partial charge on any atom is -0.491 e. The number of amides is 1. The molecule has 0 radical (unpaired) electrons. The van der Waals surface area contributed by atoms with Crippen molar-refractivity contribution >= 4 is 29.1 Å². The number of benzene rings is 2. The van der Waals surface area contributed by atoms with Crippen molar-refractivity contribution in [3.63, 3.8) is 0 Å². The van der Waals surface area contributed by atoms with Crippen LogP contribution in [0.1, 0.15) is 43.7 Å². The molecule has 0 heterocycles. The molecule has 1 N–H and O–H groups in total. The van der Waals surface area contributed by atoms with Crippen molar-refractivity contribution in [3.8, 4) is 5.75 Å². The molecule has 0 aromatic heterocycles. The maximum absolute atomic E-state index is 13.3. The summed E-state index contributed by atoms with van der Waals surface area (Å²) in [5.74, 6) is 0.149. The first-order chi connectivity index (χ1) is 13.3. The average molecular weight is 424 g/mol. The third-order valence-corrected chi connectivity index (χ3v) is 5.10. The summed E-state index contributed by atoms with van der Waals surface area (Å²) in [5, 5.41) is 9.86. The number of hydrogen-bond donors (Lipinski definition) is 1. The van der Waals surface area contributed by atoms with E-state index in [9.17, 15) is 4.79 Å². The van der Waals surface area contributed by atoms with Gasteiger partial charge in [0.1, 0.15) is 5.75 Å². The number of rotatable bonds is 9. The van der Waals surface area contributed by atoms with Crippen molar-refractivity contribution in [3.05, 3.63) is 63.6 Å². The van der Waals surface area contributed by atoms with Crippen molar-refractivity contribution in [2.45, 2.75) is 38.7 Å². The van der Waals surface area contributed by atoms with Gasteiger partial charge in [0.25, 0.3) is 0 Å². The lowest BCUT2D eigenvalue weighted by Crippen LogP contribution is -2.33. The Bertz CT molecular complexity index is 795. The van der Waals surface area contributed by atoms with E-state index in [4.69, 9.17) is 33.0 Å². The number of ether oxygens (including phenoxy) is 1. The second-order valence-corrected chi connectivity index (χ2v) is 7.85.